The molecule has 0 radical (unpaired) electrons. The van der Waals surface area contributed by atoms with Crippen LogP contribution in [0.5, 0.6) is 11.6 Å². The molecule has 0 unspecified atom stereocenters. The number of anilines is 1. The number of amides is 1. The molecule has 0 saturated heterocycles. The Morgan fingerprint density at radius 1 is 1.00 bits per heavy atom. The lowest BCUT2D eigenvalue weighted by Gasteiger charge is -2.17. The number of hydrogen-bond acceptors (Lipinski definition) is 6. The van der Waals surface area contributed by atoms with Crippen molar-refractivity contribution < 1.29 is 36.6 Å². The van der Waals surface area contributed by atoms with E-state index in [0.717, 1.165) is 28.9 Å². The first kappa shape index (κ1) is 28.4. The van der Waals surface area contributed by atoms with Crippen molar-refractivity contribution in [1.29, 1.82) is 0 Å². The maximum Gasteiger partial charge on any atom is 0.356 e. The molecular weight excluding hydrogens is 546 g/mol. The van der Waals surface area contributed by atoms with Gasteiger partial charge in [-0.15, -0.1) is 0 Å². The van der Waals surface area contributed by atoms with Crippen molar-refractivity contribution in [3.63, 3.8) is 0 Å². The van der Waals surface area contributed by atoms with E-state index in [1.54, 1.807) is 13.8 Å². The molecule has 3 aromatic carbocycles. The van der Waals surface area contributed by atoms with Crippen LogP contribution in [0.2, 0.25) is 0 Å². The van der Waals surface area contributed by atoms with Crippen molar-refractivity contribution >= 4 is 27.6 Å². The summed E-state index contributed by atoms with van der Waals surface area (Å²) in [6.45, 7) is 4.65. The fourth-order valence-corrected chi connectivity index (χ4v) is 5.16. The number of aromatic carboxylic acids is 1. The van der Waals surface area contributed by atoms with E-state index >= 15 is 0 Å². The van der Waals surface area contributed by atoms with E-state index < -0.39 is 39.6 Å². The van der Waals surface area contributed by atoms with Crippen molar-refractivity contribution in [2.75, 3.05) is 5.32 Å². The lowest BCUT2D eigenvalue weighted by molar-refractivity contribution is 0.0689. The van der Waals surface area contributed by atoms with Crippen LogP contribution in [0.25, 0.3) is 5.69 Å². The number of nitrogens with zero attached hydrogens (tertiary/aromatic N) is 2. The molecule has 0 aliphatic heterocycles. The van der Waals surface area contributed by atoms with Gasteiger partial charge in [0.2, 0.25) is 15.9 Å². The van der Waals surface area contributed by atoms with Crippen LogP contribution >= 0.6 is 0 Å². The number of nitrogens with one attached hydrogen (secondary N) is 2. The first-order chi connectivity index (χ1) is 18.9. The number of benzene rings is 3. The van der Waals surface area contributed by atoms with Crippen LogP contribution in [0.3, 0.4) is 0 Å². The Hall–Kier alpha value is -4.62. The van der Waals surface area contributed by atoms with Crippen LogP contribution in [0.4, 0.5) is 14.5 Å². The van der Waals surface area contributed by atoms with Crippen molar-refractivity contribution in [2.45, 2.75) is 31.7 Å². The zero-order valence-corrected chi connectivity index (χ0v) is 22.3. The fourth-order valence-electron chi connectivity index (χ4n) is 3.75. The van der Waals surface area contributed by atoms with Gasteiger partial charge in [0.25, 0.3) is 5.91 Å². The Labute approximate surface area is 228 Å². The van der Waals surface area contributed by atoms with E-state index in [2.05, 4.69) is 15.1 Å². The van der Waals surface area contributed by atoms with E-state index in [9.17, 15) is 31.9 Å². The molecule has 0 atom stereocenters. The third kappa shape index (κ3) is 6.16. The Bertz CT molecular complexity index is 1700. The van der Waals surface area contributed by atoms with Crippen LogP contribution in [0.15, 0.2) is 71.6 Å². The third-order valence-corrected chi connectivity index (χ3v) is 7.20. The molecule has 10 nitrogen and oxygen atoms in total. The number of halogens is 2. The molecule has 1 aromatic heterocycles. The van der Waals surface area contributed by atoms with Crippen LogP contribution in [0, 0.1) is 18.6 Å². The van der Waals surface area contributed by atoms with E-state index in [0.29, 0.717) is 0 Å². The van der Waals surface area contributed by atoms with Crippen LogP contribution < -0.4 is 14.8 Å². The Morgan fingerprint density at radius 2 is 1.70 bits per heavy atom. The molecule has 4 rings (SSSR count). The normalized spacial score (nSPS) is 11.4. The quantitative estimate of drug-likeness (QED) is 0.260. The minimum absolute atomic E-state index is 0.0186. The molecule has 0 spiro atoms. The molecule has 0 bridgehead atoms. The standard InChI is InChI=1S/C27H24F2N4O6S/c1-15(2)32-40(37,38)23-14-20(30-25(34)17-5-4-6-19(29)13-17)9-12-22(23)39-26-16(3)24(27(35)36)31-33(26)21-10-7-18(28)8-11-21/h4-15,32H,1-3H3,(H,30,34)(H,35,36). The van der Waals surface area contributed by atoms with Crippen molar-refractivity contribution in [1.82, 2.24) is 14.5 Å². The highest BCUT2D eigenvalue weighted by molar-refractivity contribution is 7.89. The van der Waals surface area contributed by atoms with Gasteiger partial charge in [-0.2, -0.15) is 9.78 Å². The number of sulfonamides is 1. The summed E-state index contributed by atoms with van der Waals surface area (Å²) in [6, 6.07) is 13.3. The summed E-state index contributed by atoms with van der Waals surface area (Å²) in [7, 11) is -4.23. The topological polar surface area (TPSA) is 140 Å². The van der Waals surface area contributed by atoms with Crippen molar-refractivity contribution in [3.05, 3.63) is 95.2 Å². The van der Waals surface area contributed by atoms with Gasteiger partial charge in [-0.05, 0) is 81.4 Å². The number of carbonyl (C=O) groups is 2. The van der Waals surface area contributed by atoms with Crippen molar-refractivity contribution in [3.8, 4) is 17.3 Å². The monoisotopic (exact) mass is 570 g/mol. The average molecular weight is 571 g/mol. The Morgan fingerprint density at radius 3 is 2.33 bits per heavy atom. The molecule has 0 aliphatic rings. The minimum Gasteiger partial charge on any atom is -0.476 e. The van der Waals surface area contributed by atoms with Gasteiger partial charge in [0.15, 0.2) is 5.69 Å². The molecule has 4 aromatic rings. The summed E-state index contributed by atoms with van der Waals surface area (Å²) in [4.78, 5) is 24.1. The van der Waals surface area contributed by atoms with Gasteiger partial charge >= 0.3 is 5.97 Å². The second-order valence-corrected chi connectivity index (χ2v) is 10.7. The molecule has 0 aliphatic carbocycles. The summed E-state index contributed by atoms with van der Waals surface area (Å²) in [5.74, 6) is -3.51. The molecule has 40 heavy (non-hydrogen) atoms. The van der Waals surface area contributed by atoms with E-state index in [1.807, 2.05) is 0 Å². The predicted octanol–water partition coefficient (Wildman–Crippen LogP) is 4.89. The van der Waals surface area contributed by atoms with Crippen LogP contribution in [-0.4, -0.2) is 41.2 Å². The smallest absolute Gasteiger partial charge is 0.356 e. The van der Waals surface area contributed by atoms with E-state index in [4.69, 9.17) is 4.74 Å². The maximum atomic E-state index is 13.6. The van der Waals surface area contributed by atoms with E-state index in [-0.39, 0.29) is 44.7 Å². The van der Waals surface area contributed by atoms with E-state index in [1.165, 1.54) is 49.4 Å². The minimum atomic E-state index is -4.23. The van der Waals surface area contributed by atoms with Gasteiger partial charge in [-0.3, -0.25) is 4.79 Å². The summed E-state index contributed by atoms with van der Waals surface area (Å²) < 4.78 is 63.2. The highest BCUT2D eigenvalue weighted by atomic mass is 32.2. The SMILES string of the molecule is Cc1c(C(=O)O)nn(-c2ccc(F)cc2)c1Oc1ccc(NC(=O)c2cccc(F)c2)cc1S(=O)(=O)NC(C)C. The van der Waals surface area contributed by atoms with Gasteiger partial charge < -0.3 is 15.2 Å². The summed E-state index contributed by atoms with van der Waals surface area (Å²) >= 11 is 0. The lowest BCUT2D eigenvalue weighted by atomic mass is 10.2. The van der Waals surface area contributed by atoms with Crippen LogP contribution in [-0.2, 0) is 10.0 Å². The first-order valence-corrected chi connectivity index (χ1v) is 13.3. The zero-order chi connectivity index (χ0) is 29.2. The number of ether oxygens (including phenoxy) is 1. The third-order valence-electron chi connectivity index (χ3n) is 5.52. The molecule has 0 saturated carbocycles. The summed E-state index contributed by atoms with van der Waals surface area (Å²) in [5.41, 5.74) is 0.0741. The molecule has 0 fully saturated rings. The molecule has 1 heterocycles. The predicted molar refractivity (Wildman–Crippen MR) is 142 cm³/mol. The first-order valence-electron chi connectivity index (χ1n) is 11.9. The molecule has 13 heteroatoms. The van der Waals surface area contributed by atoms with Gasteiger partial charge in [-0.1, -0.05) is 6.07 Å². The second-order valence-electron chi connectivity index (χ2n) is 8.98. The second kappa shape index (κ2) is 11.2. The number of carboxylic acid groups (broad SMARTS) is 1. The highest BCUT2D eigenvalue weighted by Gasteiger charge is 2.27. The number of hydrogen-bond donors (Lipinski definition) is 3. The summed E-state index contributed by atoms with van der Waals surface area (Å²) in [5, 5.41) is 16.2. The zero-order valence-electron chi connectivity index (χ0n) is 21.5. The van der Waals surface area contributed by atoms with Crippen LogP contribution in [0.1, 0.15) is 40.3 Å². The number of aromatic nitrogens is 2. The van der Waals surface area contributed by atoms with Gasteiger partial charge in [0, 0.05) is 22.9 Å². The molecule has 208 valence electrons. The van der Waals surface area contributed by atoms with Crippen molar-refractivity contribution in [2.24, 2.45) is 0 Å². The highest BCUT2D eigenvalue weighted by Crippen LogP contribution is 2.35. The molecule has 1 amide bonds. The Balaban J connectivity index is 1.80. The van der Waals surface area contributed by atoms with Gasteiger partial charge in [0.1, 0.15) is 22.3 Å². The maximum absolute atomic E-state index is 13.6. The number of rotatable bonds is 9. The number of carboxylic acids is 1. The lowest BCUT2D eigenvalue weighted by Crippen LogP contribution is -2.30. The summed E-state index contributed by atoms with van der Waals surface area (Å²) in [6.07, 6.45) is 0. The molecular formula is C27H24F2N4O6S. The Kier molecular flexibility index (Phi) is 7.98. The fraction of sp³-hybridized carbons (Fsp3) is 0.148. The number of carbonyl (C=O) groups excluding carboxylic acids is 1. The van der Waals surface area contributed by atoms with Gasteiger partial charge in [0.05, 0.1) is 5.69 Å². The average Bonchev–Trinajstić information content (AvgIpc) is 3.20. The largest absolute Gasteiger partial charge is 0.476 e. The van der Waals surface area contributed by atoms with Gasteiger partial charge in [-0.25, -0.2) is 26.7 Å². The molecule has 3 N–H and O–H groups in total.